The van der Waals surface area contributed by atoms with Gasteiger partial charge in [0.25, 0.3) is 0 Å². The van der Waals surface area contributed by atoms with Crippen molar-refractivity contribution in [2.45, 2.75) is 30.0 Å². The maximum atomic E-state index is 11.5. The number of alkyl halides is 1. The molecule has 0 radical (unpaired) electrons. The zero-order valence-corrected chi connectivity index (χ0v) is 14.2. The summed E-state index contributed by atoms with van der Waals surface area (Å²) in [5, 5.41) is 8.38. The molecule has 1 unspecified atom stereocenters. The minimum Gasteiger partial charge on any atom is -0.481 e. The monoisotopic (exact) mass is 348 g/mol. The third kappa shape index (κ3) is 5.12. The number of rotatable bonds is 6. The van der Waals surface area contributed by atoms with Crippen molar-refractivity contribution >= 4 is 34.4 Å². The van der Waals surface area contributed by atoms with Crippen molar-refractivity contribution in [1.29, 1.82) is 0 Å². The van der Waals surface area contributed by atoms with Crippen LogP contribution in [0.3, 0.4) is 0 Å². The Morgan fingerprint density at radius 2 is 1.87 bits per heavy atom. The second kappa shape index (κ2) is 8.18. The Morgan fingerprint density at radius 1 is 1.17 bits per heavy atom. The number of benzene rings is 2. The van der Waals surface area contributed by atoms with Gasteiger partial charge in [0.15, 0.2) is 5.12 Å². The van der Waals surface area contributed by atoms with E-state index in [1.807, 2.05) is 48.5 Å². The Hall–Kier alpha value is -1.78. The van der Waals surface area contributed by atoms with Gasteiger partial charge in [-0.05, 0) is 29.2 Å². The fourth-order valence-corrected chi connectivity index (χ4v) is 3.29. The first kappa shape index (κ1) is 17.6. The van der Waals surface area contributed by atoms with E-state index in [1.54, 1.807) is 0 Å². The number of carboxylic acid groups (broad SMARTS) is 1. The molecule has 0 aliphatic rings. The third-order valence-corrected chi connectivity index (χ3v) is 4.63. The minimum atomic E-state index is -0.866. The van der Waals surface area contributed by atoms with Crippen LogP contribution in [0.1, 0.15) is 30.7 Å². The molecule has 1 atom stereocenters. The van der Waals surface area contributed by atoms with Crippen molar-refractivity contribution in [3.8, 4) is 11.1 Å². The number of carbonyl (C=O) groups is 2. The lowest BCUT2D eigenvalue weighted by atomic mass is 10.0. The van der Waals surface area contributed by atoms with Gasteiger partial charge in [-0.1, -0.05) is 54.2 Å². The predicted octanol–water partition coefficient (Wildman–Crippen LogP) is 5.14. The average molecular weight is 349 g/mol. The van der Waals surface area contributed by atoms with E-state index >= 15 is 0 Å². The van der Waals surface area contributed by atoms with Crippen molar-refractivity contribution in [1.82, 2.24) is 0 Å². The molecular formula is C18H17ClO3S. The highest BCUT2D eigenvalue weighted by Crippen LogP contribution is 2.36. The molecule has 23 heavy (non-hydrogen) atoms. The lowest BCUT2D eigenvalue weighted by Gasteiger charge is -2.14. The lowest BCUT2D eigenvalue weighted by Crippen LogP contribution is -1.99. The number of hydrogen-bond acceptors (Lipinski definition) is 3. The number of thioether (sulfide) groups is 1. The van der Waals surface area contributed by atoms with Crippen LogP contribution >= 0.6 is 23.4 Å². The molecule has 2 rings (SSSR count). The van der Waals surface area contributed by atoms with Crippen LogP contribution < -0.4 is 0 Å². The van der Waals surface area contributed by atoms with Gasteiger partial charge in [-0.3, -0.25) is 9.59 Å². The topological polar surface area (TPSA) is 54.4 Å². The fourth-order valence-electron chi connectivity index (χ4n) is 2.25. The van der Waals surface area contributed by atoms with Crippen LogP contribution in [0.5, 0.6) is 0 Å². The second-order valence-corrected chi connectivity index (χ2v) is 6.86. The van der Waals surface area contributed by atoms with E-state index in [1.165, 1.54) is 6.92 Å². The molecular weight excluding hydrogens is 332 g/mol. The molecule has 0 aliphatic carbocycles. The summed E-state index contributed by atoms with van der Waals surface area (Å²) in [5.41, 5.74) is 2.83. The molecule has 0 heterocycles. The van der Waals surface area contributed by atoms with Crippen LogP contribution in [-0.4, -0.2) is 16.2 Å². The van der Waals surface area contributed by atoms with Gasteiger partial charge in [-0.15, -0.1) is 11.6 Å². The highest BCUT2D eigenvalue weighted by molar-refractivity contribution is 8.13. The van der Waals surface area contributed by atoms with Crippen molar-refractivity contribution in [2.24, 2.45) is 0 Å². The average Bonchev–Trinajstić information content (AvgIpc) is 2.52. The van der Waals surface area contributed by atoms with Gasteiger partial charge in [0.05, 0.1) is 5.38 Å². The van der Waals surface area contributed by atoms with Crippen molar-refractivity contribution < 1.29 is 14.7 Å². The van der Waals surface area contributed by atoms with E-state index in [4.69, 9.17) is 16.7 Å². The van der Waals surface area contributed by atoms with E-state index in [-0.39, 0.29) is 16.9 Å². The van der Waals surface area contributed by atoms with Crippen LogP contribution in [0, 0.1) is 0 Å². The smallest absolute Gasteiger partial charge is 0.303 e. The summed E-state index contributed by atoms with van der Waals surface area (Å²) >= 11 is 7.46. The Balaban J connectivity index is 2.34. The van der Waals surface area contributed by atoms with Crippen LogP contribution in [-0.2, 0) is 9.59 Å². The van der Waals surface area contributed by atoms with Gasteiger partial charge in [-0.2, -0.15) is 0 Å². The Labute approximate surface area is 144 Å². The highest BCUT2D eigenvalue weighted by Gasteiger charge is 2.14. The number of halogens is 1. The molecule has 0 amide bonds. The second-order valence-electron chi connectivity index (χ2n) is 5.12. The molecule has 0 saturated carbocycles. The summed E-state index contributed by atoms with van der Waals surface area (Å²) in [4.78, 5) is 23.1. The number of hydrogen-bond donors (Lipinski definition) is 1. The first-order chi connectivity index (χ1) is 11.0. The number of carboxylic acids is 1. The molecule has 0 saturated heterocycles. The van der Waals surface area contributed by atoms with Crippen LogP contribution in [0.15, 0.2) is 53.4 Å². The summed E-state index contributed by atoms with van der Waals surface area (Å²) in [6.45, 7) is 1.52. The number of aliphatic carboxylic acids is 1. The Bertz CT molecular complexity index is 701. The van der Waals surface area contributed by atoms with Gasteiger partial charge in [0.1, 0.15) is 0 Å². The Morgan fingerprint density at radius 3 is 2.48 bits per heavy atom. The van der Waals surface area contributed by atoms with Crippen molar-refractivity contribution in [3.63, 3.8) is 0 Å². The van der Waals surface area contributed by atoms with E-state index in [9.17, 15) is 9.59 Å². The summed E-state index contributed by atoms with van der Waals surface area (Å²) in [5.74, 6) is -0.866. The molecule has 120 valence electrons. The Kier molecular flexibility index (Phi) is 6.25. The molecule has 1 N–H and O–H groups in total. The first-order valence-electron chi connectivity index (χ1n) is 7.21. The lowest BCUT2D eigenvalue weighted by molar-refractivity contribution is -0.137. The highest BCUT2D eigenvalue weighted by atomic mass is 35.5. The molecule has 0 aromatic heterocycles. The standard InChI is InChI=1S/C18H17ClO3S/c1-12(20)23-17-11-14(16(19)9-10-18(21)22)7-8-15(17)13-5-3-2-4-6-13/h2-8,11,16H,9-10H2,1H3,(H,21,22). The summed E-state index contributed by atoms with van der Waals surface area (Å²) in [7, 11) is 0. The maximum absolute atomic E-state index is 11.5. The third-order valence-electron chi connectivity index (χ3n) is 3.32. The maximum Gasteiger partial charge on any atom is 0.303 e. The number of carbonyl (C=O) groups excluding carboxylic acids is 1. The molecule has 0 spiro atoms. The van der Waals surface area contributed by atoms with Gasteiger partial charge in [0.2, 0.25) is 0 Å². The van der Waals surface area contributed by atoms with Gasteiger partial charge in [-0.25, -0.2) is 0 Å². The van der Waals surface area contributed by atoms with Gasteiger partial charge in [0, 0.05) is 18.2 Å². The zero-order valence-electron chi connectivity index (χ0n) is 12.7. The zero-order chi connectivity index (χ0) is 16.8. The van der Waals surface area contributed by atoms with E-state index in [0.29, 0.717) is 6.42 Å². The van der Waals surface area contributed by atoms with E-state index < -0.39 is 5.97 Å². The largest absolute Gasteiger partial charge is 0.481 e. The fraction of sp³-hybridized carbons (Fsp3) is 0.222. The summed E-state index contributed by atoms with van der Waals surface area (Å²) in [6, 6.07) is 15.5. The van der Waals surface area contributed by atoms with E-state index in [2.05, 4.69) is 0 Å². The predicted molar refractivity (Wildman–Crippen MR) is 93.9 cm³/mol. The van der Waals surface area contributed by atoms with Crippen molar-refractivity contribution in [2.75, 3.05) is 0 Å². The normalized spacial score (nSPS) is 11.9. The molecule has 2 aromatic rings. The van der Waals surface area contributed by atoms with Crippen molar-refractivity contribution in [3.05, 3.63) is 54.1 Å². The summed E-state index contributed by atoms with van der Waals surface area (Å²) in [6.07, 6.45) is 0.371. The van der Waals surface area contributed by atoms with E-state index in [0.717, 1.165) is 33.3 Å². The summed E-state index contributed by atoms with van der Waals surface area (Å²) < 4.78 is 0. The molecule has 0 bridgehead atoms. The molecule has 0 fully saturated rings. The quantitative estimate of drug-likeness (QED) is 0.580. The minimum absolute atomic E-state index is 0.00371. The van der Waals surface area contributed by atoms with Crippen LogP contribution in [0.25, 0.3) is 11.1 Å². The van der Waals surface area contributed by atoms with Gasteiger partial charge < -0.3 is 5.11 Å². The SMILES string of the molecule is CC(=O)Sc1cc(C(Cl)CCC(=O)O)ccc1-c1ccccc1. The molecule has 3 nitrogen and oxygen atoms in total. The van der Waals surface area contributed by atoms with Crippen LogP contribution in [0.4, 0.5) is 0 Å². The molecule has 5 heteroatoms. The van der Waals surface area contributed by atoms with Crippen LogP contribution in [0.2, 0.25) is 0 Å². The molecule has 2 aromatic carbocycles. The first-order valence-corrected chi connectivity index (χ1v) is 8.46. The molecule has 0 aliphatic heterocycles. The van der Waals surface area contributed by atoms with Gasteiger partial charge >= 0.3 is 5.97 Å².